The predicted octanol–water partition coefficient (Wildman–Crippen LogP) is 5.62. The molecule has 1 atom stereocenters. The number of rotatable bonds is 4. The lowest BCUT2D eigenvalue weighted by Gasteiger charge is -2.23. The first kappa shape index (κ1) is 22.8. The Morgan fingerprint density at radius 3 is 2.56 bits per heavy atom. The first-order valence-corrected chi connectivity index (χ1v) is 11.8. The third kappa shape index (κ3) is 4.70. The van der Waals surface area contributed by atoms with Crippen molar-refractivity contribution in [1.82, 2.24) is 4.90 Å². The molecule has 0 saturated carbocycles. The Hall–Kier alpha value is -2.35. The molecular weight excluding hydrogens is 472 g/mol. The highest BCUT2D eigenvalue weighted by Crippen LogP contribution is 2.33. The van der Waals surface area contributed by atoms with E-state index in [1.54, 1.807) is 43.3 Å². The van der Waals surface area contributed by atoms with Crippen LogP contribution in [0.1, 0.15) is 25.3 Å². The van der Waals surface area contributed by atoms with E-state index in [-0.39, 0.29) is 22.5 Å². The lowest BCUT2D eigenvalue weighted by Crippen LogP contribution is -2.37. The molecule has 2 heterocycles. The number of carbonyl (C=O) groups is 2. The van der Waals surface area contributed by atoms with Gasteiger partial charge in [-0.05, 0) is 55.7 Å². The fourth-order valence-electron chi connectivity index (χ4n) is 3.58. The minimum atomic E-state index is -0.552. The van der Waals surface area contributed by atoms with Gasteiger partial charge in [0, 0.05) is 13.1 Å². The third-order valence-electron chi connectivity index (χ3n) is 5.22. The lowest BCUT2D eigenvalue weighted by atomic mass is 10.2. The monoisotopic (exact) mass is 491 g/mol. The van der Waals surface area contributed by atoms with Crippen molar-refractivity contribution in [2.75, 3.05) is 18.0 Å². The molecule has 0 radical (unpaired) electrons. The summed E-state index contributed by atoms with van der Waals surface area (Å²) >= 11 is 13.2. The summed E-state index contributed by atoms with van der Waals surface area (Å²) in [6, 6.07) is 11.0. The Labute approximate surface area is 199 Å². The van der Waals surface area contributed by atoms with E-state index in [0.717, 1.165) is 37.7 Å². The normalized spacial score (nSPS) is 18.4. The Balaban J connectivity index is 1.68. The molecule has 0 aromatic heterocycles. The number of likely N-dealkylation sites (tertiary alicyclic amines) is 1. The van der Waals surface area contributed by atoms with E-state index in [4.69, 9.17) is 23.2 Å². The highest BCUT2D eigenvalue weighted by atomic mass is 35.5. The van der Waals surface area contributed by atoms with Crippen LogP contribution in [-0.2, 0) is 9.59 Å². The second-order valence-corrected chi connectivity index (χ2v) is 9.60. The topological polar surface area (TPSA) is 53.0 Å². The maximum Gasteiger partial charge on any atom is 0.283 e. The molecule has 2 aliphatic heterocycles. The van der Waals surface area contributed by atoms with E-state index in [0.29, 0.717) is 15.6 Å². The lowest BCUT2D eigenvalue weighted by molar-refractivity contribution is -0.129. The van der Waals surface area contributed by atoms with Gasteiger partial charge in [-0.3, -0.25) is 14.5 Å². The van der Waals surface area contributed by atoms with Gasteiger partial charge in [-0.15, -0.1) is 0 Å². The van der Waals surface area contributed by atoms with Crippen LogP contribution in [0.3, 0.4) is 0 Å². The minimum absolute atomic E-state index is 0.0157. The second-order valence-electron chi connectivity index (χ2n) is 7.48. The van der Waals surface area contributed by atoms with Crippen LogP contribution in [0, 0.1) is 5.82 Å². The molecule has 0 aliphatic carbocycles. The first-order chi connectivity index (χ1) is 15.3. The number of para-hydroxylation sites is 1. The molecule has 1 fully saturated rings. The van der Waals surface area contributed by atoms with Crippen LogP contribution in [0.5, 0.6) is 0 Å². The van der Waals surface area contributed by atoms with Gasteiger partial charge in [0.05, 0.1) is 21.0 Å². The molecule has 0 bridgehead atoms. The van der Waals surface area contributed by atoms with Crippen LogP contribution in [0.4, 0.5) is 10.1 Å². The summed E-state index contributed by atoms with van der Waals surface area (Å²) in [7, 11) is 0. The maximum absolute atomic E-state index is 14.6. The molecule has 166 valence electrons. The molecule has 1 saturated heterocycles. The fourth-order valence-corrected chi connectivity index (χ4v) is 4.89. The van der Waals surface area contributed by atoms with E-state index in [2.05, 4.69) is 4.99 Å². The Kier molecular flexibility index (Phi) is 6.88. The molecular formula is C23H20Cl2FN3O2S. The molecule has 1 unspecified atom stereocenters. The van der Waals surface area contributed by atoms with Gasteiger partial charge in [-0.1, -0.05) is 53.2 Å². The molecule has 0 spiro atoms. The number of thioether (sulfide) groups is 1. The average molecular weight is 492 g/mol. The summed E-state index contributed by atoms with van der Waals surface area (Å²) in [5, 5.41) is 0.527. The molecule has 2 aliphatic rings. The van der Waals surface area contributed by atoms with Gasteiger partial charge < -0.3 is 4.90 Å². The zero-order chi connectivity index (χ0) is 22.8. The number of amidine groups is 1. The SMILES string of the molecule is CC(SC1=N/C(=C\c2ccc(Cl)c(Cl)c2)C(=O)N1c1ccccc1F)C(=O)N1CCCC1. The van der Waals surface area contributed by atoms with Crippen molar-refractivity contribution in [2.24, 2.45) is 4.99 Å². The summed E-state index contributed by atoms with van der Waals surface area (Å²) in [4.78, 5) is 33.5. The van der Waals surface area contributed by atoms with Gasteiger partial charge in [0.2, 0.25) is 5.91 Å². The number of anilines is 1. The quantitative estimate of drug-likeness (QED) is 0.521. The number of carbonyl (C=O) groups excluding carboxylic acids is 2. The predicted molar refractivity (Wildman–Crippen MR) is 129 cm³/mol. The number of hydrogen-bond donors (Lipinski definition) is 0. The van der Waals surface area contributed by atoms with Crippen molar-refractivity contribution >= 4 is 63.7 Å². The number of benzene rings is 2. The average Bonchev–Trinajstić information content (AvgIpc) is 3.40. The zero-order valence-corrected chi connectivity index (χ0v) is 19.6. The molecule has 2 amide bonds. The highest BCUT2D eigenvalue weighted by Gasteiger charge is 2.36. The van der Waals surface area contributed by atoms with Gasteiger partial charge >= 0.3 is 0 Å². The van der Waals surface area contributed by atoms with Gasteiger partial charge in [0.1, 0.15) is 11.5 Å². The van der Waals surface area contributed by atoms with Crippen LogP contribution in [0.25, 0.3) is 6.08 Å². The molecule has 9 heteroatoms. The van der Waals surface area contributed by atoms with Crippen LogP contribution in [-0.4, -0.2) is 40.2 Å². The summed E-state index contributed by atoms with van der Waals surface area (Å²) in [6.07, 6.45) is 3.54. The Morgan fingerprint density at radius 2 is 1.88 bits per heavy atom. The van der Waals surface area contributed by atoms with E-state index in [1.807, 2.05) is 4.90 Å². The van der Waals surface area contributed by atoms with E-state index in [9.17, 15) is 14.0 Å². The van der Waals surface area contributed by atoms with Gasteiger partial charge in [-0.2, -0.15) is 0 Å². The molecule has 0 N–H and O–H groups in total. The van der Waals surface area contributed by atoms with Crippen molar-refractivity contribution in [1.29, 1.82) is 0 Å². The highest BCUT2D eigenvalue weighted by molar-refractivity contribution is 8.15. The third-order valence-corrected chi connectivity index (χ3v) is 7.00. The number of amides is 2. The number of hydrogen-bond acceptors (Lipinski definition) is 4. The van der Waals surface area contributed by atoms with Crippen LogP contribution >= 0.6 is 35.0 Å². The second kappa shape index (κ2) is 9.65. The summed E-state index contributed by atoms with van der Waals surface area (Å²) < 4.78 is 14.6. The smallest absolute Gasteiger partial charge is 0.283 e. The van der Waals surface area contributed by atoms with Crippen molar-refractivity contribution in [2.45, 2.75) is 25.0 Å². The molecule has 4 rings (SSSR count). The number of halogens is 3. The van der Waals surface area contributed by atoms with E-state index in [1.165, 1.54) is 17.0 Å². The fraction of sp³-hybridized carbons (Fsp3) is 0.261. The van der Waals surface area contributed by atoms with E-state index < -0.39 is 17.0 Å². The largest absolute Gasteiger partial charge is 0.342 e. The summed E-state index contributed by atoms with van der Waals surface area (Å²) in [5.74, 6) is -1.05. The van der Waals surface area contributed by atoms with Gasteiger partial charge in [0.25, 0.3) is 5.91 Å². The standard InChI is InChI=1S/C23H20Cl2FN3O2S/c1-14(21(30)28-10-4-5-11-28)32-23-27-19(13-15-8-9-16(24)17(25)12-15)22(31)29(23)20-7-3-2-6-18(20)26/h2-3,6-9,12-14H,4-5,10-11H2,1H3/b19-13-. The van der Waals surface area contributed by atoms with Crippen LogP contribution < -0.4 is 4.90 Å². The summed E-state index contributed by atoms with van der Waals surface area (Å²) in [6.45, 7) is 3.24. The molecule has 2 aromatic rings. The molecule has 2 aromatic carbocycles. The minimum Gasteiger partial charge on any atom is -0.342 e. The van der Waals surface area contributed by atoms with Crippen LogP contribution in [0.2, 0.25) is 10.0 Å². The number of nitrogens with zero attached hydrogens (tertiary/aromatic N) is 3. The van der Waals surface area contributed by atoms with Crippen molar-refractivity contribution in [3.63, 3.8) is 0 Å². The van der Waals surface area contributed by atoms with Gasteiger partial charge in [-0.25, -0.2) is 9.38 Å². The zero-order valence-electron chi connectivity index (χ0n) is 17.2. The Bertz CT molecular complexity index is 1130. The van der Waals surface area contributed by atoms with Crippen molar-refractivity contribution < 1.29 is 14.0 Å². The Morgan fingerprint density at radius 1 is 1.16 bits per heavy atom. The molecule has 5 nitrogen and oxygen atoms in total. The molecule has 32 heavy (non-hydrogen) atoms. The van der Waals surface area contributed by atoms with E-state index >= 15 is 0 Å². The van der Waals surface area contributed by atoms with Crippen molar-refractivity contribution in [3.8, 4) is 0 Å². The van der Waals surface area contributed by atoms with Crippen LogP contribution in [0.15, 0.2) is 53.2 Å². The van der Waals surface area contributed by atoms with Gasteiger partial charge in [0.15, 0.2) is 5.17 Å². The first-order valence-electron chi connectivity index (χ1n) is 10.1. The van der Waals surface area contributed by atoms with Crippen molar-refractivity contribution in [3.05, 3.63) is 69.6 Å². The number of aliphatic imine (C=N–C) groups is 1. The maximum atomic E-state index is 14.6. The summed E-state index contributed by atoms with van der Waals surface area (Å²) in [5.41, 5.74) is 0.837.